The summed E-state index contributed by atoms with van der Waals surface area (Å²) < 4.78 is 26.6. The van der Waals surface area contributed by atoms with Crippen molar-refractivity contribution >= 4 is 27.3 Å². The summed E-state index contributed by atoms with van der Waals surface area (Å²) in [5, 5.41) is 9.34. The van der Waals surface area contributed by atoms with Gasteiger partial charge in [-0.05, 0) is 43.4 Å². The third-order valence-corrected chi connectivity index (χ3v) is 5.83. The highest BCUT2D eigenvalue weighted by Gasteiger charge is 2.30. The zero-order valence-electron chi connectivity index (χ0n) is 11.1. The number of nitrogens with two attached hydrogens (primary N) is 1. The van der Waals surface area contributed by atoms with Crippen LogP contribution in [0.5, 0.6) is 0 Å². The first kappa shape index (κ1) is 15.6. The molecule has 5 nitrogen and oxygen atoms in total. The predicted octanol–water partition coefficient (Wildman–Crippen LogP) is 1.71. The number of benzene rings is 1. The van der Waals surface area contributed by atoms with Crippen LogP contribution in [0.2, 0.25) is 5.02 Å². The number of anilines is 1. The summed E-state index contributed by atoms with van der Waals surface area (Å²) in [5.41, 5.74) is 5.93. The van der Waals surface area contributed by atoms with Gasteiger partial charge in [-0.3, -0.25) is 0 Å². The lowest BCUT2D eigenvalue weighted by molar-refractivity contribution is 0.203. The van der Waals surface area contributed by atoms with Gasteiger partial charge in [-0.25, -0.2) is 8.42 Å². The summed E-state index contributed by atoms with van der Waals surface area (Å²) >= 11 is 5.82. The first-order valence-electron chi connectivity index (χ1n) is 6.61. The van der Waals surface area contributed by atoms with E-state index in [1.165, 1.54) is 22.5 Å². The van der Waals surface area contributed by atoms with Gasteiger partial charge < -0.3 is 10.8 Å². The fourth-order valence-electron chi connectivity index (χ4n) is 2.49. The van der Waals surface area contributed by atoms with Crippen molar-refractivity contribution in [3.8, 4) is 0 Å². The molecule has 1 unspecified atom stereocenters. The molecule has 0 aromatic heterocycles. The zero-order valence-corrected chi connectivity index (χ0v) is 12.7. The number of halogens is 1. The lowest BCUT2D eigenvalue weighted by atomic mass is 9.97. The zero-order chi connectivity index (χ0) is 14.8. The minimum atomic E-state index is -3.54. The number of nitrogens with zero attached hydrogens (tertiary/aromatic N) is 1. The van der Waals surface area contributed by atoms with E-state index in [-0.39, 0.29) is 23.1 Å². The molecule has 0 amide bonds. The Bertz CT molecular complexity index is 575. The Morgan fingerprint density at radius 3 is 2.85 bits per heavy atom. The van der Waals surface area contributed by atoms with Gasteiger partial charge in [0.05, 0.1) is 15.6 Å². The van der Waals surface area contributed by atoms with E-state index in [1.807, 2.05) is 0 Å². The van der Waals surface area contributed by atoms with E-state index >= 15 is 0 Å². The predicted molar refractivity (Wildman–Crippen MR) is 79.1 cm³/mol. The monoisotopic (exact) mass is 318 g/mol. The van der Waals surface area contributed by atoms with Crippen molar-refractivity contribution in [3.63, 3.8) is 0 Å². The minimum Gasteiger partial charge on any atom is -0.397 e. The molecule has 0 bridgehead atoms. The van der Waals surface area contributed by atoms with Gasteiger partial charge in [-0.2, -0.15) is 4.31 Å². The highest BCUT2D eigenvalue weighted by atomic mass is 35.5. The molecule has 20 heavy (non-hydrogen) atoms. The maximum Gasteiger partial charge on any atom is 0.243 e. The summed E-state index contributed by atoms with van der Waals surface area (Å²) in [5.74, 6) is 0.216. The highest BCUT2D eigenvalue weighted by Crippen LogP contribution is 2.28. The number of rotatable bonds is 4. The molecule has 1 aromatic rings. The molecule has 2 rings (SSSR count). The van der Waals surface area contributed by atoms with Crippen LogP contribution in [0.25, 0.3) is 0 Å². The molecule has 0 aliphatic carbocycles. The van der Waals surface area contributed by atoms with E-state index in [0.717, 1.165) is 12.8 Å². The van der Waals surface area contributed by atoms with Gasteiger partial charge in [-0.15, -0.1) is 0 Å². The van der Waals surface area contributed by atoms with Crippen LogP contribution in [0.15, 0.2) is 23.1 Å². The number of piperidine rings is 1. The molecule has 1 aliphatic rings. The maximum absolute atomic E-state index is 12.6. The molecule has 3 N–H and O–H groups in total. The topological polar surface area (TPSA) is 83.6 Å². The molecule has 1 aromatic carbocycles. The fraction of sp³-hybridized carbons (Fsp3) is 0.538. The van der Waals surface area contributed by atoms with Crippen LogP contribution < -0.4 is 5.73 Å². The molecule has 112 valence electrons. The van der Waals surface area contributed by atoms with E-state index in [1.54, 1.807) is 0 Å². The van der Waals surface area contributed by atoms with E-state index in [2.05, 4.69) is 0 Å². The second-order valence-electron chi connectivity index (χ2n) is 5.07. The Kier molecular flexibility index (Phi) is 4.90. The highest BCUT2D eigenvalue weighted by molar-refractivity contribution is 7.89. The maximum atomic E-state index is 12.6. The lowest BCUT2D eigenvalue weighted by Crippen LogP contribution is -2.40. The van der Waals surface area contributed by atoms with E-state index in [4.69, 9.17) is 22.4 Å². The summed E-state index contributed by atoms with van der Waals surface area (Å²) in [4.78, 5) is 0.170. The largest absolute Gasteiger partial charge is 0.397 e. The third-order valence-electron chi connectivity index (χ3n) is 3.62. The molecule has 0 saturated carbocycles. The van der Waals surface area contributed by atoms with Gasteiger partial charge in [0.25, 0.3) is 0 Å². The summed E-state index contributed by atoms with van der Waals surface area (Å²) in [7, 11) is -3.54. The molecule has 7 heteroatoms. The molecule has 1 fully saturated rings. The SMILES string of the molecule is Nc1cc(S(=O)(=O)N2CCCC(CCO)C2)ccc1Cl. The second kappa shape index (κ2) is 6.30. The van der Waals surface area contributed by atoms with Crippen LogP contribution in [0.1, 0.15) is 19.3 Å². The van der Waals surface area contributed by atoms with Crippen LogP contribution in [0.4, 0.5) is 5.69 Å². The van der Waals surface area contributed by atoms with Crippen molar-refractivity contribution in [3.05, 3.63) is 23.2 Å². The van der Waals surface area contributed by atoms with Crippen LogP contribution in [0.3, 0.4) is 0 Å². The van der Waals surface area contributed by atoms with Gasteiger partial charge >= 0.3 is 0 Å². The van der Waals surface area contributed by atoms with Crippen molar-refractivity contribution in [2.75, 3.05) is 25.4 Å². The number of sulfonamides is 1. The lowest BCUT2D eigenvalue weighted by Gasteiger charge is -2.31. The average Bonchev–Trinajstić information content (AvgIpc) is 2.42. The molecular weight excluding hydrogens is 300 g/mol. The summed E-state index contributed by atoms with van der Waals surface area (Å²) in [6.45, 7) is 1.05. The standard InChI is InChI=1S/C13H19ClN2O3S/c14-12-4-3-11(8-13(12)15)20(18,19)16-6-1-2-10(9-16)5-7-17/h3-4,8,10,17H,1-2,5-7,9,15H2. The third kappa shape index (κ3) is 3.25. The molecule has 1 aliphatic heterocycles. The van der Waals surface area contributed by atoms with E-state index in [9.17, 15) is 8.42 Å². The average molecular weight is 319 g/mol. The number of aliphatic hydroxyl groups excluding tert-OH is 1. The quantitative estimate of drug-likeness (QED) is 0.828. The normalized spacial score (nSPS) is 21.0. The molecule has 1 heterocycles. The van der Waals surface area contributed by atoms with Gasteiger partial charge in [0.15, 0.2) is 0 Å². The van der Waals surface area contributed by atoms with Crippen molar-refractivity contribution in [2.24, 2.45) is 5.92 Å². The fourth-order valence-corrected chi connectivity index (χ4v) is 4.20. The minimum absolute atomic E-state index is 0.0897. The van der Waals surface area contributed by atoms with Crippen molar-refractivity contribution in [1.29, 1.82) is 0 Å². The van der Waals surface area contributed by atoms with Crippen molar-refractivity contribution < 1.29 is 13.5 Å². The van der Waals surface area contributed by atoms with Gasteiger partial charge in [0, 0.05) is 19.7 Å². The van der Waals surface area contributed by atoms with Crippen LogP contribution in [-0.2, 0) is 10.0 Å². The van der Waals surface area contributed by atoms with Crippen molar-refractivity contribution in [1.82, 2.24) is 4.31 Å². The van der Waals surface area contributed by atoms with E-state index in [0.29, 0.717) is 24.5 Å². The van der Waals surface area contributed by atoms with Crippen LogP contribution in [-0.4, -0.2) is 37.5 Å². The summed E-state index contributed by atoms with van der Waals surface area (Å²) in [6.07, 6.45) is 2.40. The molecule has 0 spiro atoms. The Balaban J connectivity index is 2.23. The number of nitrogen functional groups attached to an aromatic ring is 1. The Labute approximate surface area is 124 Å². The van der Waals surface area contributed by atoms with Crippen LogP contribution >= 0.6 is 11.6 Å². The first-order chi connectivity index (χ1) is 9.45. The van der Waals surface area contributed by atoms with Crippen molar-refractivity contribution in [2.45, 2.75) is 24.2 Å². The first-order valence-corrected chi connectivity index (χ1v) is 8.43. The Hall–Kier alpha value is -0.820. The Morgan fingerprint density at radius 1 is 1.45 bits per heavy atom. The Morgan fingerprint density at radius 2 is 2.20 bits per heavy atom. The second-order valence-corrected chi connectivity index (χ2v) is 7.41. The smallest absolute Gasteiger partial charge is 0.243 e. The number of aliphatic hydroxyl groups is 1. The van der Waals surface area contributed by atoms with E-state index < -0.39 is 10.0 Å². The molecule has 0 radical (unpaired) electrons. The molecule has 1 atom stereocenters. The number of hydrogen-bond acceptors (Lipinski definition) is 4. The van der Waals surface area contributed by atoms with Gasteiger partial charge in [0.1, 0.15) is 0 Å². The van der Waals surface area contributed by atoms with Gasteiger partial charge in [0.2, 0.25) is 10.0 Å². The van der Waals surface area contributed by atoms with Crippen LogP contribution in [0, 0.1) is 5.92 Å². The van der Waals surface area contributed by atoms with Gasteiger partial charge in [-0.1, -0.05) is 11.6 Å². The summed E-state index contributed by atoms with van der Waals surface area (Å²) in [6, 6.07) is 4.37. The molecule has 1 saturated heterocycles. The molecular formula is C13H19ClN2O3S. The number of hydrogen-bond donors (Lipinski definition) is 2.